The predicted octanol–water partition coefficient (Wildman–Crippen LogP) is 4.55. The van der Waals surface area contributed by atoms with Gasteiger partial charge in [-0.1, -0.05) is 0 Å². The van der Waals surface area contributed by atoms with Gasteiger partial charge in [-0.05, 0) is 63.4 Å². The SMILES string of the molecule is CC(=O)CCCc1c(C)[nH]c2ccc(OCCOc3ccnc(C)c3)cc12. The molecule has 1 N–H and O–H groups in total. The minimum Gasteiger partial charge on any atom is -0.490 e. The number of hydrogen-bond acceptors (Lipinski definition) is 4. The van der Waals surface area contributed by atoms with Crippen LogP contribution >= 0.6 is 0 Å². The van der Waals surface area contributed by atoms with E-state index < -0.39 is 0 Å². The molecule has 0 radical (unpaired) electrons. The number of aromatic amines is 1. The zero-order valence-electron chi connectivity index (χ0n) is 16.2. The van der Waals surface area contributed by atoms with E-state index >= 15 is 0 Å². The highest BCUT2D eigenvalue weighted by molar-refractivity contribution is 5.86. The van der Waals surface area contributed by atoms with Gasteiger partial charge in [-0.3, -0.25) is 4.98 Å². The Balaban J connectivity index is 1.60. The number of aromatic nitrogens is 2. The second-order valence-electron chi connectivity index (χ2n) is 6.82. The molecule has 2 heterocycles. The molecule has 2 aromatic heterocycles. The molecule has 0 aliphatic carbocycles. The quantitative estimate of drug-likeness (QED) is 0.564. The van der Waals surface area contributed by atoms with Crippen molar-refractivity contribution >= 4 is 16.7 Å². The molecule has 0 fully saturated rings. The smallest absolute Gasteiger partial charge is 0.129 e. The number of ether oxygens (including phenoxy) is 2. The summed E-state index contributed by atoms with van der Waals surface area (Å²) in [4.78, 5) is 18.8. The molecule has 0 saturated heterocycles. The summed E-state index contributed by atoms with van der Waals surface area (Å²) < 4.78 is 11.6. The van der Waals surface area contributed by atoms with Gasteiger partial charge in [0.25, 0.3) is 0 Å². The van der Waals surface area contributed by atoms with Crippen molar-refractivity contribution in [3.63, 3.8) is 0 Å². The number of pyridine rings is 1. The number of Topliss-reactive ketones (excluding diaryl/α,β-unsaturated/α-hetero) is 1. The molecule has 5 heteroatoms. The maximum absolute atomic E-state index is 11.2. The van der Waals surface area contributed by atoms with Gasteiger partial charge in [-0.25, -0.2) is 0 Å². The van der Waals surface area contributed by atoms with Crippen LogP contribution in [0.1, 0.15) is 36.7 Å². The number of aryl methyl sites for hydroxylation is 3. The van der Waals surface area contributed by atoms with Crippen LogP contribution in [0.2, 0.25) is 0 Å². The summed E-state index contributed by atoms with van der Waals surface area (Å²) >= 11 is 0. The van der Waals surface area contributed by atoms with E-state index in [4.69, 9.17) is 9.47 Å². The molecule has 0 spiro atoms. The van der Waals surface area contributed by atoms with Gasteiger partial charge in [0.2, 0.25) is 0 Å². The lowest BCUT2D eigenvalue weighted by Crippen LogP contribution is -2.09. The van der Waals surface area contributed by atoms with Gasteiger partial charge < -0.3 is 19.3 Å². The van der Waals surface area contributed by atoms with Crippen molar-refractivity contribution in [3.8, 4) is 11.5 Å². The molecule has 0 atom stereocenters. The van der Waals surface area contributed by atoms with Crippen LogP contribution in [-0.2, 0) is 11.2 Å². The van der Waals surface area contributed by atoms with Crippen molar-refractivity contribution in [2.45, 2.75) is 40.0 Å². The molecule has 0 bridgehead atoms. The van der Waals surface area contributed by atoms with Crippen molar-refractivity contribution in [1.82, 2.24) is 9.97 Å². The van der Waals surface area contributed by atoms with E-state index in [1.807, 2.05) is 31.2 Å². The largest absolute Gasteiger partial charge is 0.490 e. The summed E-state index contributed by atoms with van der Waals surface area (Å²) in [5, 5.41) is 1.17. The lowest BCUT2D eigenvalue weighted by molar-refractivity contribution is -0.117. The maximum Gasteiger partial charge on any atom is 0.129 e. The Bertz CT molecular complexity index is 930. The molecule has 5 nitrogen and oxygen atoms in total. The Morgan fingerprint density at radius 1 is 1.07 bits per heavy atom. The number of carbonyl (C=O) groups excluding carboxylic acids is 1. The summed E-state index contributed by atoms with van der Waals surface area (Å²) in [6.45, 7) is 6.60. The zero-order chi connectivity index (χ0) is 19.2. The van der Waals surface area contributed by atoms with E-state index in [-0.39, 0.29) is 5.78 Å². The molecular weight excluding hydrogens is 340 g/mol. The number of carbonyl (C=O) groups is 1. The van der Waals surface area contributed by atoms with Crippen molar-refractivity contribution in [1.29, 1.82) is 0 Å². The van der Waals surface area contributed by atoms with E-state index in [1.54, 1.807) is 13.1 Å². The average molecular weight is 366 g/mol. The molecule has 3 rings (SSSR count). The summed E-state index contributed by atoms with van der Waals surface area (Å²) in [5.74, 6) is 1.86. The average Bonchev–Trinajstić information content (AvgIpc) is 2.94. The molecule has 142 valence electrons. The normalized spacial score (nSPS) is 10.9. The number of H-pyrrole nitrogens is 1. The van der Waals surface area contributed by atoms with Gasteiger partial charge in [0.1, 0.15) is 30.5 Å². The van der Waals surface area contributed by atoms with Gasteiger partial charge >= 0.3 is 0 Å². The molecule has 0 aliphatic rings. The number of benzene rings is 1. The number of ketones is 1. The minimum atomic E-state index is 0.237. The molecule has 0 saturated carbocycles. The van der Waals surface area contributed by atoms with Crippen LogP contribution in [0.5, 0.6) is 11.5 Å². The number of nitrogens with zero attached hydrogens (tertiary/aromatic N) is 1. The van der Waals surface area contributed by atoms with Gasteiger partial charge in [-0.15, -0.1) is 0 Å². The number of rotatable bonds is 9. The number of hydrogen-bond donors (Lipinski definition) is 1. The van der Waals surface area contributed by atoms with E-state index in [0.717, 1.165) is 41.2 Å². The highest BCUT2D eigenvalue weighted by Crippen LogP contribution is 2.27. The fourth-order valence-corrected chi connectivity index (χ4v) is 3.22. The molecule has 0 unspecified atom stereocenters. The molecular formula is C22H26N2O3. The van der Waals surface area contributed by atoms with Crippen LogP contribution in [-0.4, -0.2) is 29.0 Å². The Kier molecular flexibility index (Phi) is 6.12. The molecule has 0 amide bonds. The monoisotopic (exact) mass is 366 g/mol. The highest BCUT2D eigenvalue weighted by atomic mass is 16.5. The minimum absolute atomic E-state index is 0.237. The Morgan fingerprint density at radius 2 is 1.81 bits per heavy atom. The van der Waals surface area contributed by atoms with Gasteiger partial charge in [0.05, 0.1) is 0 Å². The number of fused-ring (bicyclic) bond motifs is 1. The fraction of sp³-hybridized carbons (Fsp3) is 0.364. The summed E-state index contributed by atoms with van der Waals surface area (Å²) in [5.41, 5.74) is 4.45. The summed E-state index contributed by atoms with van der Waals surface area (Å²) in [6.07, 6.45) is 4.11. The highest BCUT2D eigenvalue weighted by Gasteiger charge is 2.10. The third kappa shape index (κ3) is 5.09. The third-order valence-electron chi connectivity index (χ3n) is 4.54. The Morgan fingerprint density at radius 3 is 2.52 bits per heavy atom. The summed E-state index contributed by atoms with van der Waals surface area (Å²) in [7, 11) is 0. The van der Waals surface area contributed by atoms with E-state index in [0.29, 0.717) is 19.6 Å². The van der Waals surface area contributed by atoms with Crippen LogP contribution in [0.4, 0.5) is 0 Å². The van der Waals surface area contributed by atoms with Crippen molar-refractivity contribution in [2.24, 2.45) is 0 Å². The second kappa shape index (κ2) is 8.71. The van der Waals surface area contributed by atoms with Crippen molar-refractivity contribution < 1.29 is 14.3 Å². The van der Waals surface area contributed by atoms with Crippen LogP contribution < -0.4 is 9.47 Å². The standard InChI is InChI=1S/C22H26N2O3/c1-15-13-19(9-10-23-15)27-12-11-26-18-7-8-22-21(14-18)20(17(3)24-22)6-4-5-16(2)25/h7-10,13-14,24H,4-6,11-12H2,1-3H3. The first kappa shape index (κ1) is 19.0. The second-order valence-corrected chi connectivity index (χ2v) is 6.82. The first-order valence-electron chi connectivity index (χ1n) is 9.32. The van der Waals surface area contributed by atoms with Crippen molar-refractivity contribution in [2.75, 3.05) is 13.2 Å². The van der Waals surface area contributed by atoms with Gasteiger partial charge in [0.15, 0.2) is 0 Å². The van der Waals surface area contributed by atoms with Crippen LogP contribution in [0.25, 0.3) is 10.9 Å². The fourth-order valence-electron chi connectivity index (χ4n) is 3.22. The van der Waals surface area contributed by atoms with Gasteiger partial charge in [0, 0.05) is 41.0 Å². The van der Waals surface area contributed by atoms with E-state index in [1.165, 1.54) is 10.9 Å². The molecule has 27 heavy (non-hydrogen) atoms. The Hall–Kier alpha value is -2.82. The maximum atomic E-state index is 11.2. The lowest BCUT2D eigenvalue weighted by atomic mass is 10.0. The van der Waals surface area contributed by atoms with Crippen molar-refractivity contribution in [3.05, 3.63) is 53.5 Å². The van der Waals surface area contributed by atoms with Crippen LogP contribution in [0, 0.1) is 13.8 Å². The lowest BCUT2D eigenvalue weighted by Gasteiger charge is -2.09. The third-order valence-corrected chi connectivity index (χ3v) is 4.54. The first-order valence-corrected chi connectivity index (χ1v) is 9.32. The van der Waals surface area contributed by atoms with Crippen LogP contribution in [0.15, 0.2) is 36.5 Å². The topological polar surface area (TPSA) is 64.2 Å². The summed E-state index contributed by atoms with van der Waals surface area (Å²) in [6, 6.07) is 9.82. The van der Waals surface area contributed by atoms with Gasteiger partial charge in [-0.2, -0.15) is 0 Å². The zero-order valence-corrected chi connectivity index (χ0v) is 16.2. The van der Waals surface area contributed by atoms with Crippen LogP contribution in [0.3, 0.4) is 0 Å². The van der Waals surface area contributed by atoms with E-state index in [9.17, 15) is 4.79 Å². The molecule has 3 aromatic rings. The number of nitrogens with one attached hydrogen (secondary N) is 1. The molecule has 0 aliphatic heterocycles. The molecule has 1 aromatic carbocycles. The first-order chi connectivity index (χ1) is 13.0. The van der Waals surface area contributed by atoms with E-state index in [2.05, 4.69) is 23.0 Å². The Labute approximate surface area is 159 Å². The predicted molar refractivity (Wildman–Crippen MR) is 107 cm³/mol.